The molecule has 0 amide bonds. The van der Waals surface area contributed by atoms with Crippen molar-refractivity contribution in [2.24, 2.45) is 40.4 Å². The quantitative estimate of drug-likeness (QED) is 0.661. The molecule has 4 aliphatic carbocycles. The highest BCUT2D eigenvalue weighted by atomic mass is 16.5. The Kier molecular flexibility index (Phi) is 4.58. The Morgan fingerprint density at radius 2 is 1.68 bits per heavy atom. The smallest absolute Gasteiger partial charge is 0.133 e. The maximum atomic E-state index is 12.2. The summed E-state index contributed by atoms with van der Waals surface area (Å²) in [5, 5.41) is 0. The molecule has 0 aliphatic heterocycles. The Morgan fingerprint density at radius 3 is 2.40 bits per heavy atom. The first-order valence-corrected chi connectivity index (χ1v) is 11.0. The topological polar surface area (TPSA) is 26.3 Å². The molecule has 4 saturated carbocycles. The van der Waals surface area contributed by atoms with E-state index in [1.54, 1.807) is 0 Å². The van der Waals surface area contributed by atoms with Crippen LogP contribution >= 0.6 is 0 Å². The number of carbonyl (C=O) groups is 1. The molecule has 4 aliphatic rings. The summed E-state index contributed by atoms with van der Waals surface area (Å²) in [6.07, 6.45) is 12.4. The molecular weight excluding hydrogens is 308 g/mol. The summed E-state index contributed by atoms with van der Waals surface area (Å²) in [5.41, 5.74) is 0.838. The lowest BCUT2D eigenvalue weighted by atomic mass is 9.44. The van der Waals surface area contributed by atoms with Gasteiger partial charge in [-0.05, 0) is 106 Å². The van der Waals surface area contributed by atoms with Crippen molar-refractivity contribution in [3.8, 4) is 0 Å². The second-order valence-electron chi connectivity index (χ2n) is 10.3. The van der Waals surface area contributed by atoms with Gasteiger partial charge < -0.3 is 4.74 Å². The van der Waals surface area contributed by atoms with Crippen LogP contribution in [0.1, 0.15) is 85.5 Å². The van der Waals surface area contributed by atoms with Gasteiger partial charge in [0, 0.05) is 12.5 Å². The second-order valence-corrected chi connectivity index (χ2v) is 10.3. The Balaban J connectivity index is 1.55. The number of rotatable bonds is 3. The Bertz CT molecular complexity index is 528. The molecule has 0 aromatic heterocycles. The highest BCUT2D eigenvalue weighted by Crippen LogP contribution is 2.67. The summed E-state index contributed by atoms with van der Waals surface area (Å²) in [4.78, 5) is 12.2. The molecule has 2 heteroatoms. The number of hydrogen-bond acceptors (Lipinski definition) is 2. The van der Waals surface area contributed by atoms with E-state index in [-0.39, 0.29) is 0 Å². The normalized spacial score (nSPS) is 52.2. The van der Waals surface area contributed by atoms with Crippen LogP contribution < -0.4 is 0 Å². The van der Waals surface area contributed by atoms with E-state index < -0.39 is 0 Å². The minimum absolute atomic E-state index is 0.304. The van der Waals surface area contributed by atoms with E-state index in [0.29, 0.717) is 28.6 Å². The number of fused-ring (bicyclic) bond motifs is 5. The molecule has 142 valence electrons. The average molecular weight is 347 g/mol. The predicted molar refractivity (Wildman–Crippen MR) is 101 cm³/mol. The van der Waals surface area contributed by atoms with E-state index in [1.807, 2.05) is 6.92 Å². The van der Waals surface area contributed by atoms with Gasteiger partial charge in [-0.3, -0.25) is 4.79 Å². The lowest BCUT2D eigenvalue weighted by Crippen LogP contribution is -2.54. The number of carbonyl (C=O) groups excluding carboxylic acids is 1. The molecule has 0 spiro atoms. The van der Waals surface area contributed by atoms with Crippen molar-refractivity contribution in [2.45, 2.75) is 91.6 Å². The largest absolute Gasteiger partial charge is 0.378 e. The SMILES string of the molecule is CCO[C@H]1CCC2(C)C3CCC4(C)C(CC[C@@H]4C(C)=O)C3CC[C@H]2C1. The third kappa shape index (κ3) is 2.65. The average Bonchev–Trinajstić information content (AvgIpc) is 2.93. The molecule has 0 saturated heterocycles. The molecule has 0 aromatic carbocycles. The summed E-state index contributed by atoms with van der Waals surface area (Å²) in [6.45, 7) is 9.94. The van der Waals surface area contributed by atoms with Crippen LogP contribution in [0.15, 0.2) is 0 Å². The predicted octanol–water partition coefficient (Wildman–Crippen LogP) is 5.64. The molecule has 0 radical (unpaired) electrons. The van der Waals surface area contributed by atoms with Gasteiger partial charge in [0.2, 0.25) is 0 Å². The van der Waals surface area contributed by atoms with Gasteiger partial charge in [0.15, 0.2) is 0 Å². The molecule has 8 atom stereocenters. The van der Waals surface area contributed by atoms with E-state index in [2.05, 4.69) is 20.8 Å². The van der Waals surface area contributed by atoms with E-state index >= 15 is 0 Å². The van der Waals surface area contributed by atoms with Crippen molar-refractivity contribution in [3.63, 3.8) is 0 Å². The lowest BCUT2D eigenvalue weighted by Gasteiger charge is -2.61. The summed E-state index contributed by atoms with van der Waals surface area (Å²) in [5.74, 6) is 4.26. The summed E-state index contributed by atoms with van der Waals surface area (Å²) >= 11 is 0. The number of ether oxygens (including phenoxy) is 1. The van der Waals surface area contributed by atoms with Gasteiger partial charge in [0.1, 0.15) is 5.78 Å². The van der Waals surface area contributed by atoms with Gasteiger partial charge in [-0.25, -0.2) is 0 Å². The highest BCUT2D eigenvalue weighted by molar-refractivity contribution is 5.79. The van der Waals surface area contributed by atoms with Gasteiger partial charge in [-0.15, -0.1) is 0 Å². The van der Waals surface area contributed by atoms with Crippen molar-refractivity contribution in [3.05, 3.63) is 0 Å². The van der Waals surface area contributed by atoms with E-state index in [0.717, 1.165) is 36.7 Å². The molecule has 2 nitrogen and oxygen atoms in total. The van der Waals surface area contributed by atoms with Crippen molar-refractivity contribution in [1.82, 2.24) is 0 Å². The molecule has 0 bridgehead atoms. The first-order valence-electron chi connectivity index (χ1n) is 11.0. The monoisotopic (exact) mass is 346 g/mol. The summed E-state index contributed by atoms with van der Waals surface area (Å²) < 4.78 is 6.00. The van der Waals surface area contributed by atoms with Crippen molar-refractivity contribution in [2.75, 3.05) is 6.61 Å². The van der Waals surface area contributed by atoms with Crippen LogP contribution in [0.3, 0.4) is 0 Å². The highest BCUT2D eigenvalue weighted by Gasteiger charge is 2.60. The zero-order valence-electron chi connectivity index (χ0n) is 16.9. The minimum Gasteiger partial charge on any atom is -0.378 e. The molecule has 4 rings (SSSR count). The fraction of sp³-hybridized carbons (Fsp3) is 0.957. The maximum Gasteiger partial charge on any atom is 0.133 e. The van der Waals surface area contributed by atoms with Crippen LogP contribution in [0.25, 0.3) is 0 Å². The van der Waals surface area contributed by atoms with Gasteiger partial charge in [-0.2, -0.15) is 0 Å². The van der Waals surface area contributed by atoms with Crippen LogP contribution in [0.2, 0.25) is 0 Å². The van der Waals surface area contributed by atoms with Gasteiger partial charge in [0.05, 0.1) is 6.10 Å². The van der Waals surface area contributed by atoms with Crippen LogP contribution in [0, 0.1) is 40.4 Å². The number of hydrogen-bond donors (Lipinski definition) is 0. The lowest BCUT2D eigenvalue weighted by molar-refractivity contribution is -0.141. The second kappa shape index (κ2) is 6.36. The van der Waals surface area contributed by atoms with Gasteiger partial charge in [0.25, 0.3) is 0 Å². The van der Waals surface area contributed by atoms with Crippen LogP contribution in [-0.2, 0) is 9.53 Å². The molecule has 0 N–H and O–H groups in total. The Hall–Kier alpha value is -0.370. The fourth-order valence-electron chi connectivity index (χ4n) is 8.27. The van der Waals surface area contributed by atoms with Crippen LogP contribution in [0.5, 0.6) is 0 Å². The molecular formula is C23H38O2. The van der Waals surface area contributed by atoms with Crippen molar-refractivity contribution >= 4 is 5.78 Å². The van der Waals surface area contributed by atoms with Crippen molar-refractivity contribution < 1.29 is 9.53 Å². The minimum atomic E-state index is 0.304. The first kappa shape index (κ1) is 18.0. The zero-order chi connectivity index (χ0) is 17.8. The van der Waals surface area contributed by atoms with E-state index in [4.69, 9.17) is 4.74 Å². The standard InChI is InChI=1S/C23H38O2/c1-5-25-17-10-12-22(3)16(14-17)6-7-18-20-9-8-19(15(2)24)23(20,4)13-11-21(18)22/h16-21H,5-14H2,1-4H3/t16-,17-,18?,19+,20?,21?,22?,23?/m0/s1. The van der Waals surface area contributed by atoms with Gasteiger partial charge >= 0.3 is 0 Å². The maximum absolute atomic E-state index is 12.2. The molecule has 25 heavy (non-hydrogen) atoms. The number of ketones is 1. The summed E-state index contributed by atoms with van der Waals surface area (Å²) in [6, 6.07) is 0. The van der Waals surface area contributed by atoms with E-state index in [9.17, 15) is 4.79 Å². The number of Topliss-reactive ketones (excluding diaryl/α,β-unsaturated/α-hetero) is 1. The molecule has 4 fully saturated rings. The molecule has 5 unspecified atom stereocenters. The third-order valence-electron chi connectivity index (χ3n) is 9.51. The first-order chi connectivity index (χ1) is 11.9. The van der Waals surface area contributed by atoms with Crippen LogP contribution in [0.4, 0.5) is 0 Å². The molecule has 0 heterocycles. The zero-order valence-corrected chi connectivity index (χ0v) is 16.9. The third-order valence-corrected chi connectivity index (χ3v) is 9.51. The Labute approximate surface area is 154 Å². The molecule has 0 aromatic rings. The summed E-state index contributed by atoms with van der Waals surface area (Å²) in [7, 11) is 0. The van der Waals surface area contributed by atoms with Crippen LogP contribution in [-0.4, -0.2) is 18.5 Å². The fourth-order valence-corrected chi connectivity index (χ4v) is 8.27. The van der Waals surface area contributed by atoms with Crippen molar-refractivity contribution in [1.29, 1.82) is 0 Å². The van der Waals surface area contributed by atoms with E-state index in [1.165, 1.54) is 51.4 Å². The van der Waals surface area contributed by atoms with Gasteiger partial charge in [-0.1, -0.05) is 13.8 Å². The Morgan fingerprint density at radius 1 is 0.960 bits per heavy atom.